The maximum Gasteiger partial charge on any atom is 0.263 e. The number of piperidine rings is 1. The molecule has 2 aromatic heterocycles. The summed E-state index contributed by atoms with van der Waals surface area (Å²) in [6.07, 6.45) is 1.31. The molecule has 2 N–H and O–H groups in total. The first-order valence-electron chi connectivity index (χ1n) is 9.54. The van der Waals surface area contributed by atoms with Gasteiger partial charge in [0.05, 0.1) is 16.4 Å². The summed E-state index contributed by atoms with van der Waals surface area (Å²) in [7, 11) is 1.57. The van der Waals surface area contributed by atoms with Crippen LogP contribution < -0.4 is 10.6 Å². The van der Waals surface area contributed by atoms with Gasteiger partial charge in [-0.1, -0.05) is 12.1 Å². The van der Waals surface area contributed by atoms with Crippen molar-refractivity contribution in [2.75, 3.05) is 33.4 Å². The first-order chi connectivity index (χ1) is 14.1. The largest absolute Gasteiger partial charge is 0.383 e. The maximum atomic E-state index is 12.8. The van der Waals surface area contributed by atoms with Gasteiger partial charge in [0.2, 0.25) is 5.91 Å². The number of methoxy groups -OCH3 is 1. The Labute approximate surface area is 178 Å². The van der Waals surface area contributed by atoms with Gasteiger partial charge in [0.15, 0.2) is 0 Å². The van der Waals surface area contributed by atoms with Gasteiger partial charge in [-0.3, -0.25) is 14.4 Å². The van der Waals surface area contributed by atoms with Gasteiger partial charge in [-0.25, -0.2) is 0 Å². The van der Waals surface area contributed by atoms with E-state index in [2.05, 4.69) is 10.6 Å². The standard InChI is InChI=1S/C20H25N3O4S2/c1-27-11-8-21-19(25)17(22-18(24)15-4-2-12-28-15)14-6-9-23(10-7-14)20(26)16-5-3-13-29-16/h2-5,12-14,17H,6-11H2,1H3,(H,21,25)(H,22,24). The molecule has 1 saturated heterocycles. The molecule has 3 heterocycles. The molecular weight excluding hydrogens is 410 g/mol. The lowest BCUT2D eigenvalue weighted by molar-refractivity contribution is -0.124. The number of likely N-dealkylation sites (tertiary alicyclic amines) is 1. The number of hydrogen-bond acceptors (Lipinski definition) is 6. The van der Waals surface area contributed by atoms with Crippen LogP contribution >= 0.6 is 22.7 Å². The van der Waals surface area contributed by atoms with Crippen molar-refractivity contribution >= 4 is 40.4 Å². The molecule has 0 bridgehead atoms. The number of carbonyl (C=O) groups excluding carboxylic acids is 3. The lowest BCUT2D eigenvalue weighted by atomic mass is 9.88. The van der Waals surface area contributed by atoms with E-state index in [1.807, 2.05) is 33.9 Å². The highest BCUT2D eigenvalue weighted by Crippen LogP contribution is 2.24. The molecule has 1 atom stereocenters. The van der Waals surface area contributed by atoms with Gasteiger partial charge in [0, 0.05) is 26.7 Å². The van der Waals surface area contributed by atoms with Gasteiger partial charge < -0.3 is 20.3 Å². The second-order valence-corrected chi connectivity index (χ2v) is 8.71. The molecule has 0 aromatic carbocycles. The zero-order valence-corrected chi connectivity index (χ0v) is 17.9. The molecule has 156 valence electrons. The van der Waals surface area contributed by atoms with Crippen LogP contribution in [0.25, 0.3) is 0 Å². The van der Waals surface area contributed by atoms with Crippen molar-refractivity contribution in [3.8, 4) is 0 Å². The molecule has 7 nitrogen and oxygen atoms in total. The second-order valence-electron chi connectivity index (χ2n) is 6.82. The fourth-order valence-electron chi connectivity index (χ4n) is 3.40. The van der Waals surface area contributed by atoms with E-state index in [1.54, 1.807) is 13.2 Å². The molecule has 1 aliphatic heterocycles. The Balaban J connectivity index is 1.63. The minimum atomic E-state index is -0.638. The van der Waals surface area contributed by atoms with Crippen LogP contribution in [0.5, 0.6) is 0 Å². The number of nitrogens with zero attached hydrogens (tertiary/aromatic N) is 1. The minimum absolute atomic E-state index is 0.0298. The molecule has 0 saturated carbocycles. The number of thiophene rings is 2. The monoisotopic (exact) mass is 435 g/mol. The van der Waals surface area contributed by atoms with Crippen LogP contribution in [-0.2, 0) is 9.53 Å². The predicted octanol–water partition coefficient (Wildman–Crippen LogP) is 2.22. The van der Waals surface area contributed by atoms with E-state index in [1.165, 1.54) is 22.7 Å². The lowest BCUT2D eigenvalue weighted by Gasteiger charge is -2.35. The number of ether oxygens (including phenoxy) is 1. The minimum Gasteiger partial charge on any atom is -0.383 e. The second kappa shape index (κ2) is 10.5. The zero-order chi connectivity index (χ0) is 20.6. The van der Waals surface area contributed by atoms with Crippen molar-refractivity contribution in [2.45, 2.75) is 18.9 Å². The molecule has 2 aromatic rings. The van der Waals surface area contributed by atoms with Crippen molar-refractivity contribution in [3.63, 3.8) is 0 Å². The van der Waals surface area contributed by atoms with Crippen LogP contribution in [0.15, 0.2) is 35.0 Å². The van der Waals surface area contributed by atoms with Crippen LogP contribution in [0.1, 0.15) is 32.2 Å². The zero-order valence-electron chi connectivity index (χ0n) is 16.3. The highest BCUT2D eigenvalue weighted by Gasteiger charge is 2.34. The first kappa shape index (κ1) is 21.5. The maximum absolute atomic E-state index is 12.8. The van der Waals surface area contributed by atoms with E-state index >= 15 is 0 Å². The van der Waals surface area contributed by atoms with Crippen LogP contribution in [0.2, 0.25) is 0 Å². The van der Waals surface area contributed by atoms with E-state index < -0.39 is 6.04 Å². The molecule has 3 rings (SSSR count). The SMILES string of the molecule is COCCNC(=O)C(NC(=O)c1cccs1)C1CCN(C(=O)c2cccs2)CC1. The molecular formula is C20H25N3O4S2. The van der Waals surface area contributed by atoms with Gasteiger partial charge in [0.1, 0.15) is 6.04 Å². The molecule has 0 radical (unpaired) electrons. The van der Waals surface area contributed by atoms with Crippen LogP contribution in [0.4, 0.5) is 0 Å². The van der Waals surface area contributed by atoms with E-state index in [9.17, 15) is 14.4 Å². The van der Waals surface area contributed by atoms with Crippen LogP contribution in [0.3, 0.4) is 0 Å². The Bertz CT molecular complexity index is 800. The third-order valence-corrected chi connectivity index (χ3v) is 6.68. The normalized spacial score (nSPS) is 15.7. The summed E-state index contributed by atoms with van der Waals surface area (Å²) >= 11 is 2.77. The van der Waals surface area contributed by atoms with E-state index in [0.29, 0.717) is 44.0 Å². The predicted molar refractivity (Wildman–Crippen MR) is 113 cm³/mol. The van der Waals surface area contributed by atoms with Crippen molar-refractivity contribution in [2.24, 2.45) is 5.92 Å². The first-order valence-corrected chi connectivity index (χ1v) is 11.3. The number of rotatable bonds is 8. The Hall–Kier alpha value is -2.23. The molecule has 1 unspecified atom stereocenters. The summed E-state index contributed by atoms with van der Waals surface area (Å²) in [5, 5.41) is 9.46. The molecule has 9 heteroatoms. The highest BCUT2D eigenvalue weighted by atomic mass is 32.1. The van der Waals surface area contributed by atoms with Crippen molar-refractivity contribution in [3.05, 3.63) is 44.8 Å². The fourth-order valence-corrected chi connectivity index (χ4v) is 4.71. The summed E-state index contributed by atoms with van der Waals surface area (Å²) in [4.78, 5) is 41.0. The fraction of sp³-hybridized carbons (Fsp3) is 0.450. The van der Waals surface area contributed by atoms with E-state index in [-0.39, 0.29) is 23.6 Å². The summed E-state index contributed by atoms with van der Waals surface area (Å²) < 4.78 is 4.99. The Morgan fingerprint density at radius 2 is 1.79 bits per heavy atom. The Kier molecular flexibility index (Phi) is 7.79. The average molecular weight is 436 g/mol. The topological polar surface area (TPSA) is 87.7 Å². The molecule has 3 amide bonds. The van der Waals surface area contributed by atoms with Gasteiger partial charge in [0.25, 0.3) is 11.8 Å². The summed E-state index contributed by atoms with van der Waals surface area (Å²) in [6.45, 7) is 1.93. The number of amides is 3. The number of nitrogens with one attached hydrogen (secondary N) is 2. The van der Waals surface area contributed by atoms with Crippen LogP contribution in [0, 0.1) is 5.92 Å². The quantitative estimate of drug-likeness (QED) is 0.623. The smallest absolute Gasteiger partial charge is 0.263 e. The summed E-state index contributed by atoms with van der Waals surface area (Å²) in [5.74, 6) is -0.463. The molecule has 29 heavy (non-hydrogen) atoms. The van der Waals surface area contributed by atoms with Crippen molar-refractivity contribution in [1.29, 1.82) is 0 Å². The van der Waals surface area contributed by atoms with Gasteiger partial charge in [-0.2, -0.15) is 0 Å². The Morgan fingerprint density at radius 1 is 1.14 bits per heavy atom. The lowest BCUT2D eigenvalue weighted by Crippen LogP contribution is -2.54. The number of carbonyl (C=O) groups is 3. The molecule has 0 spiro atoms. The molecule has 1 aliphatic rings. The number of hydrogen-bond donors (Lipinski definition) is 2. The average Bonchev–Trinajstić information content (AvgIpc) is 3.46. The molecule has 1 fully saturated rings. The van der Waals surface area contributed by atoms with Gasteiger partial charge >= 0.3 is 0 Å². The highest BCUT2D eigenvalue weighted by molar-refractivity contribution is 7.12. The van der Waals surface area contributed by atoms with Crippen molar-refractivity contribution < 1.29 is 19.1 Å². The van der Waals surface area contributed by atoms with Gasteiger partial charge in [-0.05, 0) is 41.7 Å². The van der Waals surface area contributed by atoms with Gasteiger partial charge in [-0.15, -0.1) is 22.7 Å². The summed E-state index contributed by atoms with van der Waals surface area (Å²) in [6, 6.07) is 6.60. The van der Waals surface area contributed by atoms with Crippen LogP contribution in [-0.4, -0.2) is 62.0 Å². The third kappa shape index (κ3) is 5.65. The van der Waals surface area contributed by atoms with E-state index in [4.69, 9.17) is 4.74 Å². The Morgan fingerprint density at radius 3 is 2.38 bits per heavy atom. The third-order valence-electron chi connectivity index (χ3n) is 4.95. The summed E-state index contributed by atoms with van der Waals surface area (Å²) in [5.41, 5.74) is 0. The van der Waals surface area contributed by atoms with E-state index in [0.717, 1.165) is 4.88 Å². The van der Waals surface area contributed by atoms with Crippen molar-refractivity contribution in [1.82, 2.24) is 15.5 Å². The molecule has 0 aliphatic carbocycles.